The van der Waals surface area contributed by atoms with Gasteiger partial charge in [0.2, 0.25) is 0 Å². The summed E-state index contributed by atoms with van der Waals surface area (Å²) in [6.45, 7) is 0. The Morgan fingerprint density at radius 1 is 0.366 bits per heavy atom. The zero-order chi connectivity index (χ0) is 27.2. The average Bonchev–Trinajstić information content (AvgIpc) is 3.49. The van der Waals surface area contributed by atoms with E-state index in [9.17, 15) is 0 Å². The van der Waals surface area contributed by atoms with Crippen LogP contribution in [0.1, 0.15) is 0 Å². The Balaban J connectivity index is 1.30. The molecule has 7 aromatic carbocycles. The van der Waals surface area contributed by atoms with Crippen LogP contribution in [0.25, 0.3) is 71.6 Å². The van der Waals surface area contributed by atoms with Crippen molar-refractivity contribution in [1.82, 2.24) is 9.55 Å². The number of hydrogen-bond donors (Lipinski definition) is 0. The molecule has 0 atom stereocenters. The third kappa shape index (κ3) is 3.92. The van der Waals surface area contributed by atoms with Gasteiger partial charge >= 0.3 is 0 Å². The number of hydrogen-bond acceptors (Lipinski definition) is 1. The summed E-state index contributed by atoms with van der Waals surface area (Å²) in [5.74, 6) is 0. The van der Waals surface area contributed by atoms with E-state index in [2.05, 4.69) is 155 Å². The molecule has 0 unspecified atom stereocenters. The van der Waals surface area contributed by atoms with Gasteiger partial charge in [-0.25, -0.2) is 4.98 Å². The van der Waals surface area contributed by atoms with Gasteiger partial charge in [0, 0.05) is 5.69 Å². The average molecular weight is 523 g/mol. The lowest BCUT2D eigenvalue weighted by atomic mass is 9.85. The molecular formula is C39H26N2. The standard InChI is InChI=1S/C39H26N2/c1-2-10-27(11-3-1)28-18-20-29(21-19-28)38-32-12-4-6-14-34(32)39(35-15-7-5-13-33(35)38)30-22-24-31(25-23-30)41-26-40-36-16-8-9-17-37(36)41/h1-26H. The maximum atomic E-state index is 4.58. The molecule has 0 fully saturated rings. The lowest BCUT2D eigenvalue weighted by Gasteiger charge is -2.18. The van der Waals surface area contributed by atoms with Crippen molar-refractivity contribution in [3.8, 4) is 39.1 Å². The zero-order valence-electron chi connectivity index (χ0n) is 22.4. The Hall–Kier alpha value is -5.47. The quantitative estimate of drug-likeness (QED) is 0.210. The number of benzene rings is 7. The molecule has 0 aliphatic carbocycles. The van der Waals surface area contributed by atoms with Gasteiger partial charge in [-0.1, -0.05) is 127 Å². The Bertz CT molecular complexity index is 2110. The van der Waals surface area contributed by atoms with Gasteiger partial charge in [-0.05, 0) is 79.2 Å². The molecule has 0 aliphatic heterocycles. The molecule has 192 valence electrons. The molecule has 0 radical (unpaired) electrons. The Labute approximate surface area is 238 Å². The highest BCUT2D eigenvalue weighted by Crippen LogP contribution is 2.44. The van der Waals surface area contributed by atoms with Crippen LogP contribution in [0, 0.1) is 0 Å². The van der Waals surface area contributed by atoms with Crippen molar-refractivity contribution in [2.24, 2.45) is 0 Å². The highest BCUT2D eigenvalue weighted by molar-refractivity contribution is 6.21. The smallest absolute Gasteiger partial charge is 0.100 e. The highest BCUT2D eigenvalue weighted by atomic mass is 15.0. The van der Waals surface area contributed by atoms with E-state index in [1.54, 1.807) is 0 Å². The first-order chi connectivity index (χ1) is 20.3. The first-order valence-corrected chi connectivity index (χ1v) is 14.0. The Morgan fingerprint density at radius 2 is 0.805 bits per heavy atom. The SMILES string of the molecule is c1ccc(-c2ccc(-c3c4ccccc4c(-c4ccc(-n5cnc6ccccc65)cc4)c4ccccc34)cc2)cc1. The number of aromatic nitrogens is 2. The summed E-state index contributed by atoms with van der Waals surface area (Å²) in [6, 6.07) is 54.3. The molecule has 0 saturated carbocycles. The van der Waals surface area contributed by atoms with Crippen LogP contribution in [0.4, 0.5) is 0 Å². The van der Waals surface area contributed by atoms with Crippen molar-refractivity contribution in [3.05, 3.63) is 158 Å². The van der Waals surface area contributed by atoms with Crippen LogP contribution in [0.3, 0.4) is 0 Å². The number of fused-ring (bicyclic) bond motifs is 3. The number of para-hydroxylation sites is 2. The van der Waals surface area contributed by atoms with Crippen LogP contribution >= 0.6 is 0 Å². The minimum Gasteiger partial charge on any atom is -0.299 e. The molecule has 8 rings (SSSR count). The number of rotatable bonds is 4. The van der Waals surface area contributed by atoms with Crippen LogP contribution in [-0.4, -0.2) is 9.55 Å². The van der Waals surface area contributed by atoms with Crippen LogP contribution in [-0.2, 0) is 0 Å². The summed E-state index contributed by atoms with van der Waals surface area (Å²) in [5, 5.41) is 5.04. The third-order valence-corrected chi connectivity index (χ3v) is 8.10. The Kier molecular flexibility index (Phi) is 5.49. The fraction of sp³-hybridized carbons (Fsp3) is 0. The second kappa shape index (κ2) is 9.62. The summed E-state index contributed by atoms with van der Waals surface area (Å²) in [5.41, 5.74) is 10.7. The second-order valence-corrected chi connectivity index (χ2v) is 10.4. The lowest BCUT2D eigenvalue weighted by Crippen LogP contribution is -1.93. The van der Waals surface area contributed by atoms with E-state index < -0.39 is 0 Å². The minimum absolute atomic E-state index is 1.00. The van der Waals surface area contributed by atoms with Crippen molar-refractivity contribution in [2.45, 2.75) is 0 Å². The van der Waals surface area contributed by atoms with Crippen molar-refractivity contribution in [2.75, 3.05) is 0 Å². The predicted octanol–water partition coefficient (Wildman–Crippen LogP) is 10.3. The van der Waals surface area contributed by atoms with Crippen LogP contribution in [0.2, 0.25) is 0 Å². The molecule has 0 spiro atoms. The van der Waals surface area contributed by atoms with Crippen LogP contribution in [0.15, 0.2) is 158 Å². The van der Waals surface area contributed by atoms with E-state index in [0.717, 1.165) is 16.7 Å². The van der Waals surface area contributed by atoms with Gasteiger partial charge in [-0.2, -0.15) is 0 Å². The summed E-state index contributed by atoms with van der Waals surface area (Å²) in [7, 11) is 0. The van der Waals surface area contributed by atoms with Crippen molar-refractivity contribution in [1.29, 1.82) is 0 Å². The van der Waals surface area contributed by atoms with E-state index in [-0.39, 0.29) is 0 Å². The van der Waals surface area contributed by atoms with Gasteiger partial charge in [-0.15, -0.1) is 0 Å². The molecule has 0 bridgehead atoms. The van der Waals surface area contributed by atoms with Gasteiger partial charge in [-0.3, -0.25) is 4.57 Å². The van der Waals surface area contributed by atoms with Crippen molar-refractivity contribution >= 4 is 32.6 Å². The minimum atomic E-state index is 1.00. The van der Waals surface area contributed by atoms with Crippen LogP contribution in [0.5, 0.6) is 0 Å². The number of nitrogens with zero attached hydrogens (tertiary/aromatic N) is 2. The maximum absolute atomic E-state index is 4.58. The van der Waals surface area contributed by atoms with Gasteiger partial charge in [0.05, 0.1) is 11.0 Å². The Morgan fingerprint density at radius 3 is 1.39 bits per heavy atom. The molecule has 8 aromatic rings. The molecular weight excluding hydrogens is 496 g/mol. The van der Waals surface area contributed by atoms with Gasteiger partial charge in [0.1, 0.15) is 6.33 Å². The van der Waals surface area contributed by atoms with E-state index in [0.29, 0.717) is 0 Å². The lowest BCUT2D eigenvalue weighted by molar-refractivity contribution is 1.09. The van der Waals surface area contributed by atoms with Crippen LogP contribution < -0.4 is 0 Å². The van der Waals surface area contributed by atoms with Crippen molar-refractivity contribution < 1.29 is 0 Å². The zero-order valence-corrected chi connectivity index (χ0v) is 22.4. The second-order valence-electron chi connectivity index (χ2n) is 10.4. The summed E-state index contributed by atoms with van der Waals surface area (Å²) < 4.78 is 2.15. The third-order valence-electron chi connectivity index (χ3n) is 8.10. The summed E-state index contributed by atoms with van der Waals surface area (Å²) in [4.78, 5) is 4.58. The maximum Gasteiger partial charge on any atom is 0.100 e. The van der Waals surface area contributed by atoms with Gasteiger partial charge < -0.3 is 0 Å². The molecule has 1 aromatic heterocycles. The van der Waals surface area contributed by atoms with Gasteiger partial charge in [0.15, 0.2) is 0 Å². The van der Waals surface area contributed by atoms with Gasteiger partial charge in [0.25, 0.3) is 0 Å². The van der Waals surface area contributed by atoms with E-state index in [4.69, 9.17) is 0 Å². The summed E-state index contributed by atoms with van der Waals surface area (Å²) >= 11 is 0. The molecule has 2 heteroatoms. The molecule has 0 aliphatic rings. The topological polar surface area (TPSA) is 17.8 Å². The molecule has 2 nitrogen and oxygen atoms in total. The fourth-order valence-corrected chi connectivity index (χ4v) is 6.16. The fourth-order valence-electron chi connectivity index (χ4n) is 6.16. The monoisotopic (exact) mass is 522 g/mol. The number of imidazole rings is 1. The highest BCUT2D eigenvalue weighted by Gasteiger charge is 2.16. The van der Waals surface area contributed by atoms with E-state index >= 15 is 0 Å². The van der Waals surface area contributed by atoms with E-state index in [1.165, 1.54) is 54.9 Å². The molecule has 0 N–H and O–H groups in total. The predicted molar refractivity (Wildman–Crippen MR) is 172 cm³/mol. The summed E-state index contributed by atoms with van der Waals surface area (Å²) in [6.07, 6.45) is 1.91. The normalized spacial score (nSPS) is 11.4. The molecule has 0 amide bonds. The largest absolute Gasteiger partial charge is 0.299 e. The molecule has 1 heterocycles. The van der Waals surface area contributed by atoms with E-state index in [1.807, 2.05) is 12.4 Å². The molecule has 0 saturated heterocycles. The molecule has 41 heavy (non-hydrogen) atoms. The first kappa shape index (κ1) is 23.4. The van der Waals surface area contributed by atoms with Crippen molar-refractivity contribution in [3.63, 3.8) is 0 Å². The first-order valence-electron chi connectivity index (χ1n) is 14.0.